The second kappa shape index (κ2) is 6.80. The molecule has 1 unspecified atom stereocenters. The highest BCUT2D eigenvalue weighted by atomic mass is 16.5. The topological polar surface area (TPSA) is 49.8 Å². The highest BCUT2D eigenvalue weighted by Crippen LogP contribution is 2.51. The second-order valence-electron chi connectivity index (χ2n) is 8.26. The average molecular weight is 387 g/mol. The Balaban J connectivity index is 1.87. The molecule has 0 saturated carbocycles. The van der Waals surface area contributed by atoms with Crippen molar-refractivity contribution in [3.8, 4) is 16.9 Å². The van der Waals surface area contributed by atoms with Gasteiger partial charge in [0, 0.05) is 24.7 Å². The number of hydrogen-bond donors (Lipinski definition) is 1. The number of benzene rings is 3. The number of anilines is 1. The first-order valence-corrected chi connectivity index (χ1v) is 10.3. The molecule has 0 aromatic heterocycles. The Morgan fingerprint density at radius 1 is 1.21 bits per heavy atom. The minimum atomic E-state index is -0.800. The Hall–Kier alpha value is -3.01. The number of hydrogen-bond acceptors (Lipinski definition) is 3. The van der Waals surface area contributed by atoms with Crippen molar-refractivity contribution < 1.29 is 14.6 Å². The molecule has 0 spiro atoms. The summed E-state index contributed by atoms with van der Waals surface area (Å²) in [5.41, 5.74) is 6.61. The molecule has 4 nitrogen and oxygen atoms in total. The molecule has 29 heavy (non-hydrogen) atoms. The summed E-state index contributed by atoms with van der Waals surface area (Å²) in [5, 5.41) is 11.9. The van der Waals surface area contributed by atoms with E-state index in [1.807, 2.05) is 19.1 Å². The SMILES string of the molecule is Cc1cc2ccccc2c(-c2ccc3c4c2N(C)CCC4CCO3)c1CC(=O)O. The summed E-state index contributed by atoms with van der Waals surface area (Å²) in [4.78, 5) is 14.0. The van der Waals surface area contributed by atoms with Gasteiger partial charge in [-0.3, -0.25) is 4.79 Å². The fourth-order valence-electron chi connectivity index (χ4n) is 5.15. The van der Waals surface area contributed by atoms with Gasteiger partial charge in [0.15, 0.2) is 0 Å². The second-order valence-corrected chi connectivity index (χ2v) is 8.26. The van der Waals surface area contributed by atoms with Crippen molar-refractivity contribution in [2.45, 2.75) is 32.1 Å². The molecule has 2 heterocycles. The Labute approximate surface area is 170 Å². The summed E-state index contributed by atoms with van der Waals surface area (Å²) in [5.74, 6) is 0.706. The lowest BCUT2D eigenvalue weighted by molar-refractivity contribution is -0.136. The van der Waals surface area contributed by atoms with E-state index in [2.05, 4.69) is 42.3 Å². The van der Waals surface area contributed by atoms with Crippen LogP contribution in [0.1, 0.15) is 35.4 Å². The normalized spacial score (nSPS) is 17.7. The standard InChI is InChI=1S/C25H25NO3/c1-15-13-17-5-3-4-6-18(17)24(20(15)14-22(27)28)19-7-8-21-23-16(10-12-29-21)9-11-26(2)25(19)23/h3-8,13,16H,9-12,14H2,1-2H3,(H,27,28). The van der Waals surface area contributed by atoms with Crippen LogP contribution in [0.4, 0.5) is 5.69 Å². The number of ether oxygens (including phenoxy) is 1. The quantitative estimate of drug-likeness (QED) is 0.675. The van der Waals surface area contributed by atoms with Crippen LogP contribution >= 0.6 is 0 Å². The maximum Gasteiger partial charge on any atom is 0.307 e. The maximum absolute atomic E-state index is 11.7. The van der Waals surface area contributed by atoms with Gasteiger partial charge in [0.05, 0.1) is 18.7 Å². The summed E-state index contributed by atoms with van der Waals surface area (Å²) in [6, 6.07) is 14.6. The molecule has 2 aliphatic heterocycles. The molecule has 0 saturated heterocycles. The van der Waals surface area contributed by atoms with E-state index in [0.717, 1.165) is 64.8 Å². The molecular weight excluding hydrogens is 362 g/mol. The predicted octanol–water partition coefficient (Wildman–Crippen LogP) is 5.15. The van der Waals surface area contributed by atoms with Gasteiger partial charge in [0.25, 0.3) is 0 Å². The first-order valence-electron chi connectivity index (χ1n) is 10.3. The van der Waals surface area contributed by atoms with Crippen molar-refractivity contribution in [3.63, 3.8) is 0 Å². The Bertz CT molecular complexity index is 1130. The number of rotatable bonds is 3. The molecule has 1 atom stereocenters. The molecule has 0 radical (unpaired) electrons. The first kappa shape index (κ1) is 18.0. The number of carboxylic acid groups (broad SMARTS) is 1. The molecule has 4 heteroatoms. The Morgan fingerprint density at radius 3 is 2.86 bits per heavy atom. The molecule has 2 aliphatic rings. The van der Waals surface area contributed by atoms with Crippen LogP contribution in [-0.2, 0) is 11.2 Å². The molecule has 0 fully saturated rings. The lowest BCUT2D eigenvalue weighted by Crippen LogP contribution is -2.31. The first-order chi connectivity index (χ1) is 14.0. The molecule has 0 bridgehead atoms. The number of aliphatic carboxylic acids is 1. The fraction of sp³-hybridized carbons (Fsp3) is 0.320. The summed E-state index contributed by atoms with van der Waals surface area (Å²) >= 11 is 0. The largest absolute Gasteiger partial charge is 0.493 e. The fourth-order valence-corrected chi connectivity index (χ4v) is 5.15. The van der Waals surface area contributed by atoms with Crippen molar-refractivity contribution in [2.75, 3.05) is 25.1 Å². The van der Waals surface area contributed by atoms with E-state index >= 15 is 0 Å². The van der Waals surface area contributed by atoms with E-state index in [9.17, 15) is 9.90 Å². The zero-order valence-electron chi connectivity index (χ0n) is 16.9. The third-order valence-corrected chi connectivity index (χ3v) is 6.48. The van der Waals surface area contributed by atoms with Crippen LogP contribution in [0.3, 0.4) is 0 Å². The molecular formula is C25H25NO3. The summed E-state index contributed by atoms with van der Waals surface area (Å²) in [6.45, 7) is 3.80. The molecule has 0 aliphatic carbocycles. The van der Waals surface area contributed by atoms with Gasteiger partial charge in [-0.1, -0.05) is 30.3 Å². The van der Waals surface area contributed by atoms with Crippen molar-refractivity contribution in [1.82, 2.24) is 0 Å². The molecule has 0 amide bonds. The van der Waals surface area contributed by atoms with E-state index < -0.39 is 5.97 Å². The van der Waals surface area contributed by atoms with Crippen LogP contribution in [-0.4, -0.2) is 31.3 Å². The molecule has 3 aromatic carbocycles. The van der Waals surface area contributed by atoms with E-state index in [0.29, 0.717) is 5.92 Å². The Morgan fingerprint density at radius 2 is 2.03 bits per heavy atom. The highest BCUT2D eigenvalue weighted by molar-refractivity contribution is 6.04. The predicted molar refractivity (Wildman–Crippen MR) is 116 cm³/mol. The summed E-state index contributed by atoms with van der Waals surface area (Å²) in [7, 11) is 2.14. The zero-order valence-corrected chi connectivity index (χ0v) is 16.9. The number of fused-ring (bicyclic) bond motifs is 1. The molecule has 1 N–H and O–H groups in total. The smallest absolute Gasteiger partial charge is 0.307 e. The van der Waals surface area contributed by atoms with Gasteiger partial charge in [0.1, 0.15) is 5.75 Å². The summed E-state index contributed by atoms with van der Waals surface area (Å²) < 4.78 is 5.99. The molecule has 148 valence electrons. The monoisotopic (exact) mass is 387 g/mol. The van der Waals surface area contributed by atoms with Gasteiger partial charge in [-0.25, -0.2) is 0 Å². The van der Waals surface area contributed by atoms with Gasteiger partial charge in [-0.2, -0.15) is 0 Å². The lowest BCUT2D eigenvalue weighted by Gasteiger charge is -2.39. The van der Waals surface area contributed by atoms with Crippen molar-refractivity contribution in [2.24, 2.45) is 0 Å². The summed E-state index contributed by atoms with van der Waals surface area (Å²) in [6.07, 6.45) is 2.21. The van der Waals surface area contributed by atoms with Crippen LogP contribution in [0.25, 0.3) is 21.9 Å². The molecule has 5 rings (SSSR count). The van der Waals surface area contributed by atoms with E-state index in [1.165, 1.54) is 11.3 Å². The van der Waals surface area contributed by atoms with E-state index in [1.54, 1.807) is 0 Å². The van der Waals surface area contributed by atoms with Crippen molar-refractivity contribution >= 4 is 22.4 Å². The van der Waals surface area contributed by atoms with Crippen molar-refractivity contribution in [3.05, 3.63) is 59.2 Å². The number of aryl methyl sites for hydroxylation is 1. The third-order valence-electron chi connectivity index (χ3n) is 6.48. The van der Waals surface area contributed by atoms with Crippen molar-refractivity contribution in [1.29, 1.82) is 0 Å². The number of carbonyl (C=O) groups is 1. The molecule has 3 aromatic rings. The van der Waals surface area contributed by atoms with E-state index in [4.69, 9.17) is 4.74 Å². The number of carboxylic acids is 1. The third kappa shape index (κ3) is 2.86. The van der Waals surface area contributed by atoms with Crippen LogP contribution in [0.2, 0.25) is 0 Å². The van der Waals surface area contributed by atoms with Gasteiger partial charge in [-0.05, 0) is 65.3 Å². The Kier molecular flexibility index (Phi) is 4.23. The van der Waals surface area contributed by atoms with Crippen LogP contribution < -0.4 is 9.64 Å². The minimum Gasteiger partial charge on any atom is -0.493 e. The van der Waals surface area contributed by atoms with Gasteiger partial charge in [-0.15, -0.1) is 0 Å². The van der Waals surface area contributed by atoms with E-state index in [-0.39, 0.29) is 6.42 Å². The zero-order chi connectivity index (χ0) is 20.1. The van der Waals surface area contributed by atoms with Crippen LogP contribution in [0.15, 0.2) is 42.5 Å². The van der Waals surface area contributed by atoms with Gasteiger partial charge < -0.3 is 14.7 Å². The average Bonchev–Trinajstić information content (AvgIpc) is 2.71. The number of nitrogens with zero attached hydrogens (tertiary/aromatic N) is 1. The minimum absolute atomic E-state index is 0.0200. The van der Waals surface area contributed by atoms with Crippen LogP contribution in [0, 0.1) is 6.92 Å². The maximum atomic E-state index is 11.7. The van der Waals surface area contributed by atoms with Crippen LogP contribution in [0.5, 0.6) is 5.75 Å². The van der Waals surface area contributed by atoms with Gasteiger partial charge in [0.2, 0.25) is 0 Å². The lowest BCUT2D eigenvalue weighted by atomic mass is 9.80. The van der Waals surface area contributed by atoms with Gasteiger partial charge >= 0.3 is 5.97 Å². The highest BCUT2D eigenvalue weighted by Gasteiger charge is 2.33.